The summed E-state index contributed by atoms with van der Waals surface area (Å²) in [7, 11) is 6.55. The Bertz CT molecular complexity index is 1740. The molecule has 2 bridgehead atoms. The molecule has 2 unspecified atom stereocenters. The predicted octanol–water partition coefficient (Wildman–Crippen LogP) is 8.56. The van der Waals surface area contributed by atoms with Gasteiger partial charge in [-0.05, 0) is 107 Å². The topological polar surface area (TPSA) is 153 Å². The van der Waals surface area contributed by atoms with Gasteiger partial charge in [-0.15, -0.1) is 0 Å². The first-order valence-corrected chi connectivity index (χ1v) is 25.2. The van der Waals surface area contributed by atoms with Crippen LogP contribution in [-0.2, 0) is 57.1 Å². The van der Waals surface area contributed by atoms with Crippen LogP contribution < -0.4 is 0 Å². The molecule has 0 aromatic heterocycles. The van der Waals surface area contributed by atoms with Gasteiger partial charge in [0.15, 0.2) is 5.78 Å². The van der Waals surface area contributed by atoms with Gasteiger partial charge in [0.2, 0.25) is 5.78 Å². The maximum atomic E-state index is 14.5. The van der Waals surface area contributed by atoms with Crippen LogP contribution >= 0.6 is 0 Å². The van der Waals surface area contributed by atoms with Crippen LogP contribution in [0, 0.1) is 35.5 Å². The Morgan fingerprint density at radius 2 is 1.52 bits per heavy atom. The number of fused-ring (bicyclic) bond motifs is 3. The minimum atomic E-state index is -0.972. The predicted molar refractivity (Wildman–Crippen MR) is 258 cm³/mol. The van der Waals surface area contributed by atoms with Crippen molar-refractivity contribution in [3.8, 4) is 0 Å². The Morgan fingerprint density at radius 3 is 2.22 bits per heavy atom. The van der Waals surface area contributed by atoms with E-state index in [4.69, 9.17) is 33.2 Å². The summed E-state index contributed by atoms with van der Waals surface area (Å²) in [4.78, 5) is 72.2. The minimum Gasteiger partial charge on any atom is -0.460 e. The number of Topliss-reactive ketones (excluding diaryl/α,β-unsaturated/α-hetero) is 3. The Balaban J connectivity index is 1.64. The second kappa shape index (κ2) is 28.4. The zero-order valence-corrected chi connectivity index (χ0v) is 42.7. The molecule has 13 heteroatoms. The van der Waals surface area contributed by atoms with E-state index in [1.165, 1.54) is 4.90 Å². The SMILES string of the molecule is COCCO[C@@H]1CC[C@@H](C[C@H](C)C2CC(=O)[C@H](C)/C=C(\C)C[C@@H](OC)C(=O)[C@@H](C)C[C@@H](C)/C=C/C=C/C=C(\C)[C@@H](OC)C[C@H]3CC[C@H](C)C(O3)C(=O)C(=O)N3CCCC[C@@H]3C(=O)O2)C[C@H]1OC. The lowest BCUT2D eigenvalue weighted by atomic mass is 9.78. The number of hydrogen-bond donors (Lipinski definition) is 0. The molecule has 1 amide bonds. The molecule has 67 heavy (non-hydrogen) atoms. The molecule has 3 aliphatic heterocycles. The molecular weight excluding hydrogens is 855 g/mol. The van der Waals surface area contributed by atoms with Gasteiger partial charge in [-0.25, -0.2) is 4.79 Å². The molecule has 0 aromatic carbocycles. The van der Waals surface area contributed by atoms with Crippen LogP contribution in [0.1, 0.15) is 132 Å². The minimum absolute atomic E-state index is 0.0184. The van der Waals surface area contributed by atoms with Gasteiger partial charge >= 0.3 is 5.97 Å². The molecule has 4 aliphatic rings. The van der Waals surface area contributed by atoms with Gasteiger partial charge in [-0.3, -0.25) is 19.2 Å². The summed E-state index contributed by atoms with van der Waals surface area (Å²) >= 11 is 0. The van der Waals surface area contributed by atoms with Gasteiger partial charge in [0.05, 0.1) is 37.6 Å². The van der Waals surface area contributed by atoms with E-state index >= 15 is 0 Å². The molecular formula is C54H85NO12. The van der Waals surface area contributed by atoms with Crippen LogP contribution in [0.5, 0.6) is 0 Å². The van der Waals surface area contributed by atoms with E-state index in [-0.39, 0.29) is 78.5 Å². The number of methoxy groups -OCH3 is 4. The van der Waals surface area contributed by atoms with E-state index in [0.717, 1.165) is 36.8 Å². The molecule has 0 radical (unpaired) electrons. The second-order valence-electron chi connectivity index (χ2n) is 20.2. The first-order valence-electron chi connectivity index (χ1n) is 25.2. The van der Waals surface area contributed by atoms with Crippen LogP contribution in [0.25, 0.3) is 0 Å². The van der Waals surface area contributed by atoms with Crippen molar-refractivity contribution in [3.05, 3.63) is 47.6 Å². The lowest BCUT2D eigenvalue weighted by molar-refractivity contribution is -0.170. The Labute approximate surface area is 402 Å². The molecule has 2 saturated heterocycles. The van der Waals surface area contributed by atoms with E-state index in [0.29, 0.717) is 64.6 Å². The third-order valence-corrected chi connectivity index (χ3v) is 14.7. The van der Waals surface area contributed by atoms with Gasteiger partial charge in [-0.2, -0.15) is 0 Å². The molecule has 4 rings (SSSR count). The van der Waals surface area contributed by atoms with Crippen molar-refractivity contribution in [2.75, 3.05) is 48.2 Å². The number of allylic oxidation sites excluding steroid dienone is 6. The highest BCUT2D eigenvalue weighted by Crippen LogP contribution is 2.36. The summed E-state index contributed by atoms with van der Waals surface area (Å²) in [5.74, 6) is -2.89. The number of piperidine rings is 1. The zero-order valence-electron chi connectivity index (χ0n) is 42.7. The number of ketones is 3. The van der Waals surface area contributed by atoms with Crippen LogP contribution in [0.2, 0.25) is 0 Å². The zero-order chi connectivity index (χ0) is 49.2. The molecule has 0 N–H and O–H groups in total. The average molecular weight is 940 g/mol. The Hall–Kier alpha value is -3.33. The monoisotopic (exact) mass is 940 g/mol. The highest BCUT2D eigenvalue weighted by molar-refractivity contribution is 6.38. The standard InChI is InChI=1S/C54H85NO12/c1-34-17-13-12-14-18-36(3)46(62-9)32-42-22-20-37(4)52(66-42)51(58)53(59)55-24-16-15-19-43(55)54(60)67-47(39(6)30-41-21-23-45(48(31-41)63-10)65-26-25-61-8)33-44(56)38(5)28-35(2)29-49(64-11)50(57)40(7)27-34/h12-14,17-18,28,34,37-43,45-49,52H,15-16,19-27,29-33H2,1-11H3/b14-12+,17-13+,35-28+,36-18+/t34-,37-,38+,39-,40-,41-,42+,43+,45+,46-,47?,48+,49+,52?/m0/s1. The smallest absolute Gasteiger partial charge is 0.329 e. The number of amides is 1. The maximum Gasteiger partial charge on any atom is 0.329 e. The first-order chi connectivity index (χ1) is 32.0. The number of hydrogen-bond acceptors (Lipinski definition) is 12. The van der Waals surface area contributed by atoms with Crippen molar-refractivity contribution >= 4 is 29.2 Å². The number of cyclic esters (lactones) is 1. The number of nitrogens with zero attached hydrogens (tertiary/aromatic N) is 1. The Morgan fingerprint density at radius 1 is 0.776 bits per heavy atom. The molecule has 0 spiro atoms. The van der Waals surface area contributed by atoms with Crippen molar-refractivity contribution in [1.29, 1.82) is 0 Å². The third kappa shape index (κ3) is 16.9. The fourth-order valence-corrected chi connectivity index (χ4v) is 10.5. The van der Waals surface area contributed by atoms with Gasteiger partial charge < -0.3 is 38.1 Å². The van der Waals surface area contributed by atoms with Crippen molar-refractivity contribution in [1.82, 2.24) is 4.90 Å². The Kier molecular flexibility index (Phi) is 23.8. The number of carbonyl (C=O) groups excluding carboxylic acids is 5. The summed E-state index contributed by atoms with van der Waals surface area (Å²) in [6.45, 7) is 14.9. The highest BCUT2D eigenvalue weighted by Gasteiger charge is 2.44. The average Bonchev–Trinajstić information content (AvgIpc) is 3.31. The quantitative estimate of drug-likeness (QED) is 0.0893. The largest absolute Gasteiger partial charge is 0.460 e. The summed E-state index contributed by atoms with van der Waals surface area (Å²) in [6.07, 6.45) is 16.5. The molecule has 0 aromatic rings. The third-order valence-electron chi connectivity index (χ3n) is 14.7. The number of ether oxygens (including phenoxy) is 7. The second-order valence-corrected chi connectivity index (χ2v) is 20.2. The van der Waals surface area contributed by atoms with E-state index < -0.39 is 47.9 Å². The van der Waals surface area contributed by atoms with Crippen LogP contribution in [0.15, 0.2) is 47.6 Å². The molecule has 1 aliphatic carbocycles. The van der Waals surface area contributed by atoms with Crippen LogP contribution in [-0.4, -0.2) is 131 Å². The number of esters is 1. The maximum absolute atomic E-state index is 14.5. The first kappa shape index (κ1) is 56.3. The normalized spacial score (nSPS) is 37.3. The molecule has 1 saturated carbocycles. The molecule has 378 valence electrons. The molecule has 13 nitrogen and oxygen atoms in total. The summed E-state index contributed by atoms with van der Waals surface area (Å²) < 4.78 is 41.7. The number of rotatable bonds is 10. The summed E-state index contributed by atoms with van der Waals surface area (Å²) in [5.41, 5.74) is 1.85. The number of carbonyl (C=O) groups is 5. The summed E-state index contributed by atoms with van der Waals surface area (Å²) in [6, 6.07) is -0.972. The van der Waals surface area contributed by atoms with Crippen LogP contribution in [0.4, 0.5) is 0 Å². The lowest BCUT2D eigenvalue weighted by Crippen LogP contribution is -2.55. The van der Waals surface area contributed by atoms with Crippen molar-refractivity contribution in [2.24, 2.45) is 35.5 Å². The van der Waals surface area contributed by atoms with Gasteiger partial charge in [0, 0.05) is 66.1 Å². The lowest BCUT2D eigenvalue weighted by Gasteiger charge is -2.39. The van der Waals surface area contributed by atoms with Crippen LogP contribution in [0.3, 0.4) is 0 Å². The van der Waals surface area contributed by atoms with Crippen molar-refractivity contribution < 1.29 is 57.1 Å². The van der Waals surface area contributed by atoms with Gasteiger partial charge in [0.25, 0.3) is 5.91 Å². The van der Waals surface area contributed by atoms with E-state index in [1.54, 1.807) is 28.4 Å². The fourth-order valence-electron chi connectivity index (χ4n) is 10.5. The summed E-state index contributed by atoms with van der Waals surface area (Å²) in [5, 5.41) is 0. The van der Waals surface area contributed by atoms with E-state index in [9.17, 15) is 24.0 Å². The molecule has 3 heterocycles. The highest BCUT2D eigenvalue weighted by atomic mass is 16.6. The molecule has 14 atom stereocenters. The van der Waals surface area contributed by atoms with Gasteiger partial charge in [-0.1, -0.05) is 76.6 Å². The van der Waals surface area contributed by atoms with Crippen molar-refractivity contribution in [3.63, 3.8) is 0 Å². The fraction of sp³-hybridized carbons (Fsp3) is 0.759. The molecule has 3 fully saturated rings. The van der Waals surface area contributed by atoms with E-state index in [1.807, 2.05) is 71.9 Å². The van der Waals surface area contributed by atoms with E-state index in [2.05, 4.69) is 13.0 Å². The van der Waals surface area contributed by atoms with Crippen molar-refractivity contribution in [2.45, 2.75) is 181 Å². The van der Waals surface area contributed by atoms with Gasteiger partial charge in [0.1, 0.15) is 30.1 Å².